The van der Waals surface area contributed by atoms with Gasteiger partial charge in [-0.25, -0.2) is 0 Å². The molecule has 0 aliphatic carbocycles. The molecule has 0 spiro atoms. The zero-order valence-corrected chi connectivity index (χ0v) is 11.8. The minimum absolute atomic E-state index is 0.0740. The topological polar surface area (TPSA) is 111 Å². The highest BCUT2D eigenvalue weighted by Crippen LogP contribution is 2.28. The van der Waals surface area contributed by atoms with Crippen LogP contribution < -0.4 is 5.43 Å². The van der Waals surface area contributed by atoms with Crippen LogP contribution in [0.5, 0.6) is 0 Å². The van der Waals surface area contributed by atoms with Crippen molar-refractivity contribution in [3.8, 4) is 0 Å². The average Bonchev–Trinajstić information content (AvgIpc) is 2.55. The molecule has 8 nitrogen and oxygen atoms in total. The number of nitro groups is 2. The lowest BCUT2D eigenvalue weighted by atomic mass is 10.2. The van der Waals surface area contributed by atoms with Gasteiger partial charge in [0, 0.05) is 12.3 Å². The average molecular weight is 312 g/mol. The van der Waals surface area contributed by atoms with Crippen LogP contribution in [-0.2, 0) is 0 Å². The standard InChI is InChI=1S/C15H12N4O4/c20-18(21)13-8-9-14(15(11-13)19(22)23)17-16-10-4-7-12-5-2-1-3-6-12/h1-11,17H/b7-4+,16-10-. The Balaban J connectivity index is 2.08. The van der Waals surface area contributed by atoms with Gasteiger partial charge in [0.1, 0.15) is 5.69 Å². The van der Waals surface area contributed by atoms with Crippen LogP contribution in [0, 0.1) is 20.2 Å². The van der Waals surface area contributed by atoms with Crippen molar-refractivity contribution in [2.24, 2.45) is 5.10 Å². The molecule has 0 heterocycles. The van der Waals surface area contributed by atoms with Crippen molar-refractivity contribution in [2.45, 2.75) is 0 Å². The Labute approximate surface area is 131 Å². The van der Waals surface area contributed by atoms with Crippen molar-refractivity contribution in [1.29, 1.82) is 0 Å². The van der Waals surface area contributed by atoms with Gasteiger partial charge in [-0.1, -0.05) is 36.4 Å². The van der Waals surface area contributed by atoms with Gasteiger partial charge in [0.15, 0.2) is 0 Å². The van der Waals surface area contributed by atoms with Gasteiger partial charge in [0.25, 0.3) is 5.69 Å². The smallest absolute Gasteiger partial charge is 0.272 e. The van der Waals surface area contributed by atoms with E-state index in [2.05, 4.69) is 10.5 Å². The Morgan fingerprint density at radius 1 is 1.00 bits per heavy atom. The Morgan fingerprint density at radius 3 is 2.39 bits per heavy atom. The van der Waals surface area contributed by atoms with Crippen LogP contribution >= 0.6 is 0 Å². The maximum absolute atomic E-state index is 10.9. The van der Waals surface area contributed by atoms with Crippen molar-refractivity contribution >= 4 is 29.4 Å². The predicted octanol–water partition coefficient (Wildman–Crippen LogP) is 3.61. The van der Waals surface area contributed by atoms with Crippen LogP contribution in [-0.4, -0.2) is 16.1 Å². The van der Waals surface area contributed by atoms with Crippen LogP contribution in [0.1, 0.15) is 5.56 Å². The number of hydrogen-bond acceptors (Lipinski definition) is 6. The molecule has 2 rings (SSSR count). The molecule has 0 aliphatic rings. The number of allylic oxidation sites excluding steroid dienone is 1. The highest BCUT2D eigenvalue weighted by molar-refractivity contribution is 5.79. The summed E-state index contributed by atoms with van der Waals surface area (Å²) in [5.74, 6) is 0. The van der Waals surface area contributed by atoms with Crippen molar-refractivity contribution in [1.82, 2.24) is 0 Å². The summed E-state index contributed by atoms with van der Waals surface area (Å²) in [7, 11) is 0. The minimum atomic E-state index is -0.704. The first-order chi connectivity index (χ1) is 11.1. The van der Waals surface area contributed by atoms with Crippen LogP contribution in [0.25, 0.3) is 6.08 Å². The Morgan fingerprint density at radius 2 is 1.74 bits per heavy atom. The summed E-state index contributed by atoms with van der Waals surface area (Å²) in [6, 6.07) is 12.8. The minimum Gasteiger partial charge on any atom is -0.272 e. The van der Waals surface area contributed by atoms with E-state index in [1.165, 1.54) is 18.3 Å². The van der Waals surface area contributed by atoms with E-state index in [1.54, 1.807) is 6.08 Å². The molecule has 0 aliphatic heterocycles. The van der Waals surface area contributed by atoms with Crippen molar-refractivity contribution in [3.63, 3.8) is 0 Å². The molecule has 0 saturated heterocycles. The van der Waals surface area contributed by atoms with Gasteiger partial charge in [-0.15, -0.1) is 0 Å². The zero-order chi connectivity index (χ0) is 16.7. The Hall–Kier alpha value is -3.55. The summed E-state index contributed by atoms with van der Waals surface area (Å²) in [5, 5.41) is 25.4. The summed E-state index contributed by atoms with van der Waals surface area (Å²) in [6.07, 6.45) is 4.91. The monoisotopic (exact) mass is 312 g/mol. The summed E-state index contributed by atoms with van der Waals surface area (Å²) in [6.45, 7) is 0. The molecule has 0 atom stereocenters. The predicted molar refractivity (Wildman–Crippen MR) is 87.3 cm³/mol. The molecule has 23 heavy (non-hydrogen) atoms. The van der Waals surface area contributed by atoms with Crippen molar-refractivity contribution in [2.75, 3.05) is 5.43 Å². The number of nitrogens with zero attached hydrogens (tertiary/aromatic N) is 3. The summed E-state index contributed by atoms with van der Waals surface area (Å²) >= 11 is 0. The fourth-order valence-electron chi connectivity index (χ4n) is 1.75. The fraction of sp³-hybridized carbons (Fsp3) is 0. The van der Waals surface area contributed by atoms with E-state index in [0.717, 1.165) is 11.6 Å². The molecule has 0 saturated carbocycles. The second kappa shape index (κ2) is 7.46. The molecule has 0 amide bonds. The first kappa shape index (κ1) is 15.8. The van der Waals surface area contributed by atoms with Gasteiger partial charge < -0.3 is 0 Å². The second-order valence-electron chi connectivity index (χ2n) is 4.38. The molecule has 1 N–H and O–H groups in total. The van der Waals surface area contributed by atoms with Crippen LogP contribution in [0.3, 0.4) is 0 Å². The lowest BCUT2D eigenvalue weighted by molar-refractivity contribution is -0.393. The zero-order valence-electron chi connectivity index (χ0n) is 11.8. The number of nitrogens with one attached hydrogen (secondary N) is 1. The highest BCUT2D eigenvalue weighted by atomic mass is 16.6. The van der Waals surface area contributed by atoms with Crippen molar-refractivity contribution in [3.05, 3.63) is 80.4 Å². The van der Waals surface area contributed by atoms with Gasteiger partial charge in [-0.3, -0.25) is 25.7 Å². The van der Waals surface area contributed by atoms with Crippen molar-refractivity contribution < 1.29 is 9.85 Å². The molecular weight excluding hydrogens is 300 g/mol. The lowest BCUT2D eigenvalue weighted by Crippen LogP contribution is -1.98. The molecule has 2 aromatic carbocycles. The molecule has 116 valence electrons. The van der Waals surface area contributed by atoms with E-state index >= 15 is 0 Å². The van der Waals surface area contributed by atoms with Gasteiger partial charge in [0.05, 0.1) is 15.9 Å². The third-order valence-corrected chi connectivity index (χ3v) is 2.82. The number of hydrogen-bond donors (Lipinski definition) is 1. The third kappa shape index (κ3) is 4.46. The number of hydrazone groups is 1. The van der Waals surface area contributed by atoms with E-state index < -0.39 is 15.5 Å². The number of nitro benzene ring substituents is 2. The Bertz CT molecular complexity index is 772. The van der Waals surface area contributed by atoms with Gasteiger partial charge in [-0.2, -0.15) is 5.10 Å². The third-order valence-electron chi connectivity index (χ3n) is 2.82. The quantitative estimate of drug-likeness (QED) is 0.497. The molecule has 0 radical (unpaired) electrons. The van der Waals surface area contributed by atoms with E-state index in [0.29, 0.717) is 0 Å². The van der Waals surface area contributed by atoms with Crippen LogP contribution in [0.4, 0.5) is 17.1 Å². The van der Waals surface area contributed by atoms with E-state index in [9.17, 15) is 20.2 Å². The maximum atomic E-state index is 10.9. The molecule has 2 aromatic rings. The number of non-ortho nitro benzene ring substituents is 1. The second-order valence-corrected chi connectivity index (χ2v) is 4.38. The number of benzene rings is 2. The van der Waals surface area contributed by atoms with E-state index in [-0.39, 0.29) is 11.4 Å². The SMILES string of the molecule is O=[N+]([O-])c1ccc(N/N=C\C=C\c2ccccc2)c([N+](=O)[O-])c1. The van der Waals surface area contributed by atoms with Crippen LogP contribution in [0.15, 0.2) is 59.7 Å². The molecule has 0 aromatic heterocycles. The summed E-state index contributed by atoms with van der Waals surface area (Å²) < 4.78 is 0. The van der Waals surface area contributed by atoms with E-state index in [4.69, 9.17) is 0 Å². The molecular formula is C15H12N4O4. The van der Waals surface area contributed by atoms with Crippen LogP contribution in [0.2, 0.25) is 0 Å². The summed E-state index contributed by atoms with van der Waals surface area (Å²) in [5.41, 5.74) is 2.80. The largest absolute Gasteiger partial charge is 0.301 e. The molecule has 8 heteroatoms. The normalized spacial score (nSPS) is 11.0. The Kier molecular flexibility index (Phi) is 5.13. The van der Waals surface area contributed by atoms with E-state index in [1.807, 2.05) is 36.4 Å². The lowest BCUT2D eigenvalue weighted by Gasteiger charge is -2.01. The van der Waals surface area contributed by atoms with Gasteiger partial charge in [-0.05, 0) is 17.7 Å². The maximum Gasteiger partial charge on any atom is 0.301 e. The summed E-state index contributed by atoms with van der Waals surface area (Å²) in [4.78, 5) is 20.2. The number of anilines is 1. The highest BCUT2D eigenvalue weighted by Gasteiger charge is 2.18. The molecule has 0 fully saturated rings. The molecule has 0 bridgehead atoms. The number of rotatable bonds is 6. The fourth-order valence-corrected chi connectivity index (χ4v) is 1.75. The van der Waals surface area contributed by atoms with Gasteiger partial charge >= 0.3 is 5.69 Å². The first-order valence-electron chi connectivity index (χ1n) is 6.51. The molecule has 0 unspecified atom stereocenters. The first-order valence-corrected chi connectivity index (χ1v) is 6.51. The van der Waals surface area contributed by atoms with Gasteiger partial charge in [0.2, 0.25) is 0 Å².